The van der Waals surface area contributed by atoms with Crippen LogP contribution in [0.4, 0.5) is 0 Å². The minimum atomic E-state index is -0.120. The van der Waals surface area contributed by atoms with E-state index in [2.05, 4.69) is 39.6 Å². The van der Waals surface area contributed by atoms with Crippen molar-refractivity contribution in [3.63, 3.8) is 0 Å². The van der Waals surface area contributed by atoms with Crippen LogP contribution < -0.4 is 5.73 Å². The van der Waals surface area contributed by atoms with Gasteiger partial charge in [0.05, 0.1) is 30.1 Å². The van der Waals surface area contributed by atoms with E-state index in [0.717, 1.165) is 68.8 Å². The molecule has 2 N–H and O–H groups in total. The van der Waals surface area contributed by atoms with Gasteiger partial charge in [-0.25, -0.2) is 0 Å². The van der Waals surface area contributed by atoms with Gasteiger partial charge in [0.15, 0.2) is 5.78 Å². The van der Waals surface area contributed by atoms with Crippen LogP contribution in [0.25, 0.3) is 0 Å². The van der Waals surface area contributed by atoms with E-state index in [9.17, 15) is 9.59 Å². The third kappa shape index (κ3) is 11.3. The van der Waals surface area contributed by atoms with Gasteiger partial charge in [-0.1, -0.05) is 33.6 Å². The Morgan fingerprint density at radius 2 is 1.59 bits per heavy atom. The summed E-state index contributed by atoms with van der Waals surface area (Å²) in [6.07, 6.45) is 13.2. The predicted molar refractivity (Wildman–Crippen MR) is 151 cm³/mol. The van der Waals surface area contributed by atoms with E-state index < -0.39 is 0 Å². The Kier molecular flexibility index (Phi) is 13.9. The van der Waals surface area contributed by atoms with E-state index in [0.29, 0.717) is 30.1 Å². The third-order valence-electron chi connectivity index (χ3n) is 7.62. The number of likely N-dealkylation sites (tertiary alicyclic amines) is 1. The molecule has 3 aliphatic rings. The average molecular weight is 520 g/mol. The quantitative estimate of drug-likeness (QED) is 0.379. The van der Waals surface area contributed by atoms with Crippen LogP contribution in [0.15, 0.2) is 16.3 Å². The Balaban J connectivity index is 0.000000371. The molecule has 212 valence electrons. The maximum Gasteiger partial charge on any atom is 0.244 e. The second-order valence-corrected chi connectivity index (χ2v) is 11.5. The maximum atomic E-state index is 12.5. The monoisotopic (exact) mass is 519 g/mol. The molecule has 2 unspecified atom stereocenters. The molecule has 7 nitrogen and oxygen atoms in total. The summed E-state index contributed by atoms with van der Waals surface area (Å²) in [4.78, 5) is 30.4. The van der Waals surface area contributed by atoms with Gasteiger partial charge in [-0.3, -0.25) is 14.6 Å². The zero-order valence-corrected chi connectivity index (χ0v) is 24.4. The number of rotatable bonds is 10. The van der Waals surface area contributed by atoms with Crippen LogP contribution in [0, 0.1) is 5.92 Å². The highest BCUT2D eigenvalue weighted by molar-refractivity contribution is 6.09. The summed E-state index contributed by atoms with van der Waals surface area (Å²) < 4.78 is 11.9. The Morgan fingerprint density at radius 1 is 0.973 bits per heavy atom. The van der Waals surface area contributed by atoms with Gasteiger partial charge in [0, 0.05) is 25.7 Å². The van der Waals surface area contributed by atoms with E-state index in [1.165, 1.54) is 39.0 Å². The molecule has 7 heteroatoms. The van der Waals surface area contributed by atoms with Crippen molar-refractivity contribution in [1.82, 2.24) is 4.90 Å². The number of piperidine rings is 1. The Bertz CT molecular complexity index is 778. The highest BCUT2D eigenvalue weighted by Gasteiger charge is 2.27. The van der Waals surface area contributed by atoms with Gasteiger partial charge in [-0.05, 0) is 83.1 Å². The molecule has 1 aliphatic heterocycles. The number of nitrogens with zero attached hydrogens (tertiary/aromatic N) is 2. The summed E-state index contributed by atoms with van der Waals surface area (Å²) in [6.45, 7) is 14.0. The number of aliphatic imine (C=N–C) groups is 1. The van der Waals surface area contributed by atoms with Crippen molar-refractivity contribution in [2.24, 2.45) is 16.6 Å². The van der Waals surface area contributed by atoms with Crippen LogP contribution in [0.3, 0.4) is 0 Å². The first-order valence-corrected chi connectivity index (χ1v) is 14.7. The van der Waals surface area contributed by atoms with Crippen molar-refractivity contribution < 1.29 is 19.1 Å². The van der Waals surface area contributed by atoms with Gasteiger partial charge in [0.1, 0.15) is 6.54 Å². The third-order valence-corrected chi connectivity index (χ3v) is 7.62. The van der Waals surface area contributed by atoms with Crippen LogP contribution in [0.1, 0.15) is 112 Å². The van der Waals surface area contributed by atoms with Gasteiger partial charge in [-0.2, -0.15) is 0 Å². The highest BCUT2D eigenvalue weighted by atomic mass is 16.5. The van der Waals surface area contributed by atoms with E-state index in [4.69, 9.17) is 15.2 Å². The predicted octanol–water partition coefficient (Wildman–Crippen LogP) is 5.60. The molecule has 0 radical (unpaired) electrons. The summed E-state index contributed by atoms with van der Waals surface area (Å²) >= 11 is 0. The molecule has 0 bridgehead atoms. The molecule has 37 heavy (non-hydrogen) atoms. The minimum Gasteiger partial charge on any atom is -0.396 e. The van der Waals surface area contributed by atoms with Gasteiger partial charge in [0.25, 0.3) is 0 Å². The lowest BCUT2D eigenvalue weighted by molar-refractivity contribution is -0.133. The standard InChI is InChI=1S/C20H31N3O3.C10H22O/c1-14(24)20(21)17-7-4-8-18(17)22-13-19(25)23-11-9-16(10-12-23)26-15-5-2-3-6-15;1-6-9(4)11-10(5)7-8(2)3/h15-16H,2-13,21H2,1H3;8-10H,6-7H2,1-5H3/b20-17-,22-18?;. The lowest BCUT2D eigenvalue weighted by atomic mass is 10.1. The first-order valence-electron chi connectivity index (χ1n) is 14.7. The van der Waals surface area contributed by atoms with Crippen LogP contribution in [-0.2, 0) is 19.1 Å². The maximum absolute atomic E-state index is 12.5. The van der Waals surface area contributed by atoms with Crippen LogP contribution in [-0.4, -0.2) is 66.4 Å². The second kappa shape index (κ2) is 16.3. The van der Waals surface area contributed by atoms with Gasteiger partial charge in [0.2, 0.25) is 5.91 Å². The lowest BCUT2D eigenvalue weighted by Gasteiger charge is -2.33. The molecule has 1 heterocycles. The molecule has 1 saturated heterocycles. The topological polar surface area (TPSA) is 94.2 Å². The first-order chi connectivity index (χ1) is 17.6. The van der Waals surface area contributed by atoms with Crippen molar-refractivity contribution in [3.8, 4) is 0 Å². The number of nitrogens with two attached hydrogens (primary N) is 1. The van der Waals surface area contributed by atoms with Crippen LogP contribution in [0.5, 0.6) is 0 Å². The molecule has 0 spiro atoms. The molecule has 2 saturated carbocycles. The summed E-state index contributed by atoms with van der Waals surface area (Å²) in [7, 11) is 0. The van der Waals surface area contributed by atoms with Crippen molar-refractivity contribution in [3.05, 3.63) is 11.3 Å². The molecule has 0 aromatic rings. The average Bonchev–Trinajstić information content (AvgIpc) is 3.54. The highest BCUT2D eigenvalue weighted by Crippen LogP contribution is 2.26. The fraction of sp³-hybridized carbons (Fsp3) is 0.833. The molecule has 0 aromatic carbocycles. The van der Waals surface area contributed by atoms with Crippen LogP contribution >= 0.6 is 0 Å². The number of hydrogen-bond donors (Lipinski definition) is 1. The summed E-state index contributed by atoms with van der Waals surface area (Å²) in [6, 6.07) is 0. The van der Waals surface area contributed by atoms with E-state index >= 15 is 0 Å². The molecular formula is C30H53N3O4. The molecular weight excluding hydrogens is 466 g/mol. The SMILES string of the molecule is CC(=O)/C(N)=C1\CCCC1=NCC(=O)N1CCC(OC2CCCC2)CC1.CCC(C)OC(C)CC(C)C. The summed E-state index contributed by atoms with van der Waals surface area (Å²) in [5.41, 5.74) is 7.87. The van der Waals surface area contributed by atoms with E-state index in [1.54, 1.807) is 0 Å². The zero-order chi connectivity index (χ0) is 27.4. The Hall–Kier alpha value is -1.73. The largest absolute Gasteiger partial charge is 0.396 e. The second-order valence-electron chi connectivity index (χ2n) is 11.5. The normalized spacial score (nSPS) is 23.2. The number of carbonyl (C=O) groups excluding carboxylic acids is 2. The van der Waals surface area contributed by atoms with Crippen LogP contribution in [0.2, 0.25) is 0 Å². The van der Waals surface area contributed by atoms with Gasteiger partial charge < -0.3 is 20.1 Å². The van der Waals surface area contributed by atoms with Gasteiger partial charge >= 0.3 is 0 Å². The Morgan fingerprint density at radius 3 is 2.16 bits per heavy atom. The van der Waals surface area contributed by atoms with Crippen molar-refractivity contribution >= 4 is 17.4 Å². The smallest absolute Gasteiger partial charge is 0.244 e. The molecule has 2 atom stereocenters. The number of carbonyl (C=O) groups is 2. The number of Topliss-reactive ketones (excluding diaryl/α,β-unsaturated/α-hetero) is 1. The zero-order valence-electron chi connectivity index (χ0n) is 24.4. The summed E-state index contributed by atoms with van der Waals surface area (Å²) in [5.74, 6) is 0.684. The molecule has 3 rings (SSSR count). The minimum absolute atomic E-state index is 0.0597. The van der Waals surface area contributed by atoms with Gasteiger partial charge in [-0.15, -0.1) is 0 Å². The number of amides is 1. The number of hydrogen-bond acceptors (Lipinski definition) is 6. The molecule has 3 fully saturated rings. The van der Waals surface area contributed by atoms with Crippen molar-refractivity contribution in [2.45, 2.75) is 137 Å². The lowest BCUT2D eigenvalue weighted by Crippen LogP contribution is -2.42. The number of ether oxygens (including phenoxy) is 2. The van der Waals surface area contributed by atoms with Crippen molar-refractivity contribution in [1.29, 1.82) is 0 Å². The first kappa shape index (κ1) is 31.5. The number of ketones is 1. The molecule has 1 amide bonds. The van der Waals surface area contributed by atoms with E-state index in [1.807, 2.05) is 4.90 Å². The molecule has 2 aliphatic carbocycles. The fourth-order valence-electron chi connectivity index (χ4n) is 5.42. The number of allylic oxidation sites excluding steroid dienone is 2. The van der Waals surface area contributed by atoms with E-state index in [-0.39, 0.29) is 18.2 Å². The molecule has 0 aromatic heterocycles. The fourth-order valence-corrected chi connectivity index (χ4v) is 5.42. The summed E-state index contributed by atoms with van der Waals surface area (Å²) in [5, 5.41) is 0. The Labute approximate surface area is 225 Å². The van der Waals surface area contributed by atoms with Crippen molar-refractivity contribution in [2.75, 3.05) is 19.6 Å².